The molecular weight excluding hydrogens is 368 g/mol. The van der Waals surface area contributed by atoms with Crippen LogP contribution < -0.4 is 9.80 Å². The van der Waals surface area contributed by atoms with Gasteiger partial charge in [-0.1, -0.05) is 0 Å². The number of hydrogen-bond acceptors (Lipinski definition) is 7. The second kappa shape index (κ2) is 8.07. The summed E-state index contributed by atoms with van der Waals surface area (Å²) < 4.78 is 0. The van der Waals surface area contributed by atoms with Gasteiger partial charge >= 0.3 is 5.69 Å². The fourth-order valence-electron chi connectivity index (χ4n) is 4.91. The molecular formula is C21H32N6O2. The zero-order valence-electron chi connectivity index (χ0n) is 17.2. The summed E-state index contributed by atoms with van der Waals surface area (Å²) in [6.45, 7) is 7.90. The van der Waals surface area contributed by atoms with Crippen molar-refractivity contribution in [3.63, 3.8) is 0 Å². The van der Waals surface area contributed by atoms with Gasteiger partial charge in [-0.2, -0.15) is 0 Å². The molecule has 2 aliphatic carbocycles. The van der Waals surface area contributed by atoms with Crippen LogP contribution in [0.4, 0.5) is 17.3 Å². The van der Waals surface area contributed by atoms with Crippen molar-refractivity contribution in [3.8, 4) is 0 Å². The third-order valence-corrected chi connectivity index (χ3v) is 6.85. The Morgan fingerprint density at radius 1 is 0.793 bits per heavy atom. The number of rotatable bonds is 5. The Morgan fingerprint density at radius 3 is 1.97 bits per heavy atom. The van der Waals surface area contributed by atoms with Crippen LogP contribution in [0.25, 0.3) is 0 Å². The molecule has 0 amide bonds. The quantitative estimate of drug-likeness (QED) is 0.555. The smallest absolute Gasteiger partial charge is 0.311 e. The highest BCUT2D eigenvalue weighted by Gasteiger charge is 2.33. The fraction of sp³-hybridized carbons (Fsp3) is 0.762. The Kier molecular flexibility index (Phi) is 5.30. The third kappa shape index (κ3) is 4.33. The summed E-state index contributed by atoms with van der Waals surface area (Å²) in [5.74, 6) is 1.46. The predicted octanol–water partition coefficient (Wildman–Crippen LogP) is 2.34. The lowest BCUT2D eigenvalue weighted by Gasteiger charge is -2.26. The van der Waals surface area contributed by atoms with E-state index in [1.165, 1.54) is 25.7 Å². The summed E-state index contributed by atoms with van der Waals surface area (Å²) in [6, 6.07) is 5.06. The molecule has 29 heavy (non-hydrogen) atoms. The van der Waals surface area contributed by atoms with E-state index in [-0.39, 0.29) is 10.6 Å². The molecule has 0 N–H and O–H groups in total. The van der Waals surface area contributed by atoms with Gasteiger partial charge in [0.05, 0.1) is 4.92 Å². The van der Waals surface area contributed by atoms with E-state index in [1.54, 1.807) is 6.07 Å². The van der Waals surface area contributed by atoms with Gasteiger partial charge in [0.2, 0.25) is 5.82 Å². The molecule has 4 fully saturated rings. The number of nitro groups is 1. The van der Waals surface area contributed by atoms with Crippen molar-refractivity contribution >= 4 is 17.3 Å². The minimum atomic E-state index is -0.271. The molecule has 0 atom stereocenters. The largest absolute Gasteiger partial charge is 0.355 e. The molecule has 2 saturated heterocycles. The van der Waals surface area contributed by atoms with Gasteiger partial charge in [0, 0.05) is 70.5 Å². The maximum atomic E-state index is 11.7. The Morgan fingerprint density at radius 2 is 1.38 bits per heavy atom. The van der Waals surface area contributed by atoms with Gasteiger partial charge in [0.15, 0.2) is 0 Å². The minimum Gasteiger partial charge on any atom is -0.355 e. The first-order valence-electron chi connectivity index (χ1n) is 11.3. The van der Waals surface area contributed by atoms with Crippen molar-refractivity contribution in [2.24, 2.45) is 0 Å². The number of nitrogens with zero attached hydrogens (tertiary/aromatic N) is 6. The predicted molar refractivity (Wildman–Crippen MR) is 114 cm³/mol. The zero-order chi connectivity index (χ0) is 19.8. The first-order valence-corrected chi connectivity index (χ1v) is 11.3. The van der Waals surface area contributed by atoms with E-state index in [0.29, 0.717) is 5.82 Å². The lowest BCUT2D eigenvalue weighted by molar-refractivity contribution is -0.384. The highest BCUT2D eigenvalue weighted by molar-refractivity contribution is 5.62. The normalized spacial score (nSPS) is 25.0. The van der Waals surface area contributed by atoms with Crippen LogP contribution in [0.3, 0.4) is 0 Å². The van der Waals surface area contributed by atoms with Gasteiger partial charge in [0.1, 0.15) is 5.82 Å². The van der Waals surface area contributed by atoms with Crippen LogP contribution >= 0.6 is 0 Å². The van der Waals surface area contributed by atoms with Gasteiger partial charge in [-0.15, -0.1) is 0 Å². The SMILES string of the molecule is O=[N+]([O-])c1ccc(N2CCCN(C3CC3)CC2)nc1N1CCCN(C2CC2)CC1. The van der Waals surface area contributed by atoms with Crippen molar-refractivity contribution in [3.05, 3.63) is 22.2 Å². The summed E-state index contributed by atoms with van der Waals surface area (Å²) in [6.07, 6.45) is 7.46. The van der Waals surface area contributed by atoms with Crippen LogP contribution in [0.2, 0.25) is 0 Å². The summed E-state index contributed by atoms with van der Waals surface area (Å²) in [7, 11) is 0. The van der Waals surface area contributed by atoms with E-state index >= 15 is 0 Å². The first-order chi connectivity index (χ1) is 14.2. The van der Waals surface area contributed by atoms with Crippen LogP contribution in [-0.2, 0) is 0 Å². The second-order valence-electron chi connectivity index (χ2n) is 8.98. The summed E-state index contributed by atoms with van der Waals surface area (Å²) >= 11 is 0. The molecule has 0 unspecified atom stereocenters. The molecule has 2 aliphatic heterocycles. The minimum absolute atomic E-state index is 0.142. The molecule has 2 saturated carbocycles. The van der Waals surface area contributed by atoms with Gasteiger partial charge in [-0.05, 0) is 44.6 Å². The Bertz CT molecular complexity index is 751. The van der Waals surface area contributed by atoms with Crippen LogP contribution in [0, 0.1) is 10.1 Å². The molecule has 0 spiro atoms. The van der Waals surface area contributed by atoms with Gasteiger partial charge < -0.3 is 9.80 Å². The van der Waals surface area contributed by atoms with E-state index in [2.05, 4.69) is 19.6 Å². The molecule has 0 bridgehead atoms. The molecule has 158 valence electrons. The molecule has 8 nitrogen and oxygen atoms in total. The molecule has 8 heteroatoms. The monoisotopic (exact) mass is 400 g/mol. The lowest BCUT2D eigenvalue weighted by Crippen LogP contribution is -2.34. The maximum absolute atomic E-state index is 11.7. The molecule has 1 aromatic rings. The van der Waals surface area contributed by atoms with Crippen molar-refractivity contribution in [1.29, 1.82) is 0 Å². The molecule has 0 radical (unpaired) electrons. The summed E-state index contributed by atoms with van der Waals surface area (Å²) in [4.78, 5) is 25.9. The number of aromatic nitrogens is 1. The maximum Gasteiger partial charge on any atom is 0.311 e. The van der Waals surface area contributed by atoms with E-state index in [1.807, 2.05) is 6.07 Å². The number of hydrogen-bond donors (Lipinski definition) is 0. The average Bonchev–Trinajstić information content (AvgIpc) is 3.61. The number of pyridine rings is 1. The topological polar surface area (TPSA) is 69.0 Å². The molecule has 3 heterocycles. The highest BCUT2D eigenvalue weighted by atomic mass is 16.6. The standard InChI is InChI=1S/C21H32N6O2/c28-27(29)19-7-8-20(25-11-1-9-23(13-15-25)17-3-4-17)22-21(19)26-12-2-10-24(14-16-26)18-5-6-18/h7-8,17-18H,1-6,9-16H2. The van der Waals surface area contributed by atoms with E-state index in [9.17, 15) is 10.1 Å². The Hall–Kier alpha value is -1.93. The van der Waals surface area contributed by atoms with E-state index in [0.717, 1.165) is 83.1 Å². The fourth-order valence-corrected chi connectivity index (χ4v) is 4.91. The lowest BCUT2D eigenvalue weighted by atomic mass is 10.3. The van der Waals surface area contributed by atoms with Crippen LogP contribution in [0.15, 0.2) is 12.1 Å². The zero-order valence-corrected chi connectivity index (χ0v) is 17.2. The van der Waals surface area contributed by atoms with Crippen molar-refractivity contribution in [1.82, 2.24) is 14.8 Å². The van der Waals surface area contributed by atoms with Crippen molar-refractivity contribution in [2.75, 3.05) is 62.2 Å². The third-order valence-electron chi connectivity index (χ3n) is 6.85. The average molecular weight is 401 g/mol. The van der Waals surface area contributed by atoms with Gasteiger partial charge in [0.25, 0.3) is 0 Å². The van der Waals surface area contributed by atoms with Crippen molar-refractivity contribution in [2.45, 2.75) is 50.6 Å². The highest BCUT2D eigenvalue weighted by Crippen LogP contribution is 2.33. The first kappa shape index (κ1) is 19.1. The number of anilines is 2. The van der Waals surface area contributed by atoms with E-state index in [4.69, 9.17) is 4.98 Å². The van der Waals surface area contributed by atoms with Crippen LogP contribution in [-0.4, -0.2) is 84.1 Å². The van der Waals surface area contributed by atoms with Gasteiger partial charge in [-0.3, -0.25) is 19.9 Å². The summed E-state index contributed by atoms with van der Waals surface area (Å²) in [5.41, 5.74) is 0.142. The molecule has 4 aliphatic rings. The Balaban J connectivity index is 1.34. The summed E-state index contributed by atoms with van der Waals surface area (Å²) in [5, 5.41) is 11.7. The molecule has 5 rings (SSSR count). The van der Waals surface area contributed by atoms with Crippen LogP contribution in [0.1, 0.15) is 38.5 Å². The molecule has 0 aromatic carbocycles. The Labute approximate surface area is 172 Å². The van der Waals surface area contributed by atoms with Crippen LogP contribution in [0.5, 0.6) is 0 Å². The second-order valence-corrected chi connectivity index (χ2v) is 8.98. The van der Waals surface area contributed by atoms with E-state index < -0.39 is 0 Å². The van der Waals surface area contributed by atoms with Crippen molar-refractivity contribution < 1.29 is 4.92 Å². The van der Waals surface area contributed by atoms with Gasteiger partial charge in [-0.25, -0.2) is 4.98 Å². The molecule has 1 aromatic heterocycles.